The summed E-state index contributed by atoms with van der Waals surface area (Å²) in [6.45, 7) is 3.64. The number of nitrogens with zero attached hydrogens (tertiary/aromatic N) is 3. The fraction of sp³-hybridized carbons (Fsp3) is 0. The highest BCUT2D eigenvalue weighted by Crippen LogP contribution is 2.22. The SMILES string of the molecule is C=Cc1nccc(-c2ccccn2)c1C#N. The number of hydrogen-bond acceptors (Lipinski definition) is 3. The van der Waals surface area contributed by atoms with E-state index in [0.29, 0.717) is 11.3 Å². The Morgan fingerprint density at radius 3 is 2.69 bits per heavy atom. The zero-order valence-corrected chi connectivity index (χ0v) is 8.59. The minimum absolute atomic E-state index is 0.510. The molecule has 0 unspecified atom stereocenters. The van der Waals surface area contributed by atoms with Gasteiger partial charge in [0.15, 0.2) is 0 Å². The van der Waals surface area contributed by atoms with Crippen molar-refractivity contribution in [3.63, 3.8) is 0 Å². The first-order valence-electron chi connectivity index (χ1n) is 4.79. The first-order valence-corrected chi connectivity index (χ1v) is 4.79. The van der Waals surface area contributed by atoms with E-state index in [1.165, 1.54) is 0 Å². The van der Waals surface area contributed by atoms with Crippen molar-refractivity contribution >= 4 is 6.08 Å². The van der Waals surface area contributed by atoms with Crippen molar-refractivity contribution in [1.29, 1.82) is 5.26 Å². The van der Waals surface area contributed by atoms with E-state index in [2.05, 4.69) is 22.6 Å². The zero-order valence-electron chi connectivity index (χ0n) is 8.59. The van der Waals surface area contributed by atoms with E-state index in [-0.39, 0.29) is 0 Å². The van der Waals surface area contributed by atoms with Crippen LogP contribution >= 0.6 is 0 Å². The van der Waals surface area contributed by atoms with Gasteiger partial charge in [-0.25, -0.2) is 0 Å². The van der Waals surface area contributed by atoms with Crippen molar-refractivity contribution in [2.24, 2.45) is 0 Å². The van der Waals surface area contributed by atoms with E-state index >= 15 is 0 Å². The lowest BCUT2D eigenvalue weighted by atomic mass is 10.0. The Balaban J connectivity index is 2.67. The van der Waals surface area contributed by atoms with Gasteiger partial charge in [0.25, 0.3) is 0 Å². The lowest BCUT2D eigenvalue weighted by Gasteiger charge is -2.04. The van der Waals surface area contributed by atoms with Crippen LogP contribution in [0.15, 0.2) is 43.2 Å². The molecule has 0 aromatic carbocycles. The lowest BCUT2D eigenvalue weighted by molar-refractivity contribution is 1.25. The molecular weight excluding hydrogens is 198 g/mol. The molecule has 2 aromatic rings. The van der Waals surface area contributed by atoms with Crippen molar-refractivity contribution in [2.45, 2.75) is 0 Å². The van der Waals surface area contributed by atoms with Gasteiger partial charge in [-0.15, -0.1) is 0 Å². The number of nitriles is 1. The maximum Gasteiger partial charge on any atom is 0.102 e. The molecule has 3 nitrogen and oxygen atoms in total. The van der Waals surface area contributed by atoms with Gasteiger partial charge in [0.2, 0.25) is 0 Å². The molecule has 0 radical (unpaired) electrons. The third-order valence-corrected chi connectivity index (χ3v) is 2.23. The molecule has 16 heavy (non-hydrogen) atoms. The monoisotopic (exact) mass is 207 g/mol. The fourth-order valence-electron chi connectivity index (χ4n) is 1.49. The van der Waals surface area contributed by atoms with Crippen molar-refractivity contribution < 1.29 is 0 Å². The van der Waals surface area contributed by atoms with Crippen molar-refractivity contribution in [1.82, 2.24) is 9.97 Å². The van der Waals surface area contributed by atoms with Crippen molar-refractivity contribution in [3.05, 3.63) is 54.5 Å². The van der Waals surface area contributed by atoms with Gasteiger partial charge in [-0.3, -0.25) is 9.97 Å². The molecule has 0 aliphatic heterocycles. The second kappa shape index (κ2) is 4.37. The molecule has 0 bridgehead atoms. The molecule has 0 spiro atoms. The molecular formula is C13H9N3. The fourth-order valence-corrected chi connectivity index (χ4v) is 1.49. The van der Waals surface area contributed by atoms with E-state index in [1.54, 1.807) is 24.5 Å². The second-order valence-corrected chi connectivity index (χ2v) is 3.15. The molecule has 2 rings (SSSR count). The Morgan fingerprint density at radius 1 is 1.19 bits per heavy atom. The van der Waals surface area contributed by atoms with Gasteiger partial charge >= 0.3 is 0 Å². The quantitative estimate of drug-likeness (QED) is 0.760. The van der Waals surface area contributed by atoms with Gasteiger partial charge in [0.1, 0.15) is 6.07 Å². The Hall–Kier alpha value is -2.47. The van der Waals surface area contributed by atoms with Crippen LogP contribution in [-0.4, -0.2) is 9.97 Å². The van der Waals surface area contributed by atoms with Gasteiger partial charge in [-0.05, 0) is 24.3 Å². The molecule has 2 aromatic heterocycles. The van der Waals surface area contributed by atoms with Crippen LogP contribution < -0.4 is 0 Å². The molecule has 0 saturated carbocycles. The molecule has 76 valence electrons. The Labute approximate surface area is 93.7 Å². The minimum Gasteiger partial charge on any atom is -0.256 e. The van der Waals surface area contributed by atoms with Crippen molar-refractivity contribution in [2.75, 3.05) is 0 Å². The van der Waals surface area contributed by atoms with Crippen LogP contribution in [0.3, 0.4) is 0 Å². The van der Waals surface area contributed by atoms with Gasteiger partial charge < -0.3 is 0 Å². The standard InChI is InChI=1S/C13H9N3/c1-2-12-11(9-14)10(6-8-16-12)13-5-3-4-7-15-13/h2-8H,1H2. The van der Waals surface area contributed by atoms with Crippen LogP contribution in [-0.2, 0) is 0 Å². The topological polar surface area (TPSA) is 49.6 Å². The van der Waals surface area contributed by atoms with E-state index in [1.807, 2.05) is 18.2 Å². The second-order valence-electron chi connectivity index (χ2n) is 3.15. The molecule has 3 heteroatoms. The van der Waals surface area contributed by atoms with Crippen LogP contribution in [0.4, 0.5) is 0 Å². The lowest BCUT2D eigenvalue weighted by Crippen LogP contribution is -1.93. The maximum atomic E-state index is 9.13. The smallest absolute Gasteiger partial charge is 0.102 e. The van der Waals surface area contributed by atoms with Crippen LogP contribution in [0, 0.1) is 11.3 Å². The van der Waals surface area contributed by atoms with Gasteiger partial charge in [0.05, 0.1) is 17.0 Å². The maximum absolute atomic E-state index is 9.13. The average molecular weight is 207 g/mol. The Bertz CT molecular complexity index is 553. The van der Waals surface area contributed by atoms with Crippen LogP contribution in [0.5, 0.6) is 0 Å². The highest BCUT2D eigenvalue weighted by atomic mass is 14.7. The van der Waals surface area contributed by atoms with E-state index < -0.39 is 0 Å². The summed E-state index contributed by atoms with van der Waals surface area (Å²) in [6, 6.07) is 9.51. The Kier molecular flexibility index (Phi) is 2.75. The summed E-state index contributed by atoms with van der Waals surface area (Å²) in [6.07, 6.45) is 4.93. The molecule has 0 N–H and O–H groups in total. The normalized spacial score (nSPS) is 9.44. The van der Waals surface area contributed by atoms with Crippen LogP contribution in [0.25, 0.3) is 17.3 Å². The van der Waals surface area contributed by atoms with Gasteiger partial charge in [-0.1, -0.05) is 12.6 Å². The molecule has 0 amide bonds. The average Bonchev–Trinajstić information content (AvgIpc) is 2.38. The summed E-state index contributed by atoms with van der Waals surface area (Å²) in [4.78, 5) is 8.31. The molecule has 0 aliphatic carbocycles. The molecule has 0 fully saturated rings. The number of hydrogen-bond donors (Lipinski definition) is 0. The number of rotatable bonds is 2. The van der Waals surface area contributed by atoms with E-state index in [4.69, 9.17) is 5.26 Å². The van der Waals surface area contributed by atoms with Crippen LogP contribution in [0.2, 0.25) is 0 Å². The van der Waals surface area contributed by atoms with E-state index in [9.17, 15) is 0 Å². The Morgan fingerprint density at radius 2 is 2.06 bits per heavy atom. The summed E-state index contributed by atoms with van der Waals surface area (Å²) in [5.74, 6) is 0. The van der Waals surface area contributed by atoms with E-state index in [0.717, 1.165) is 11.3 Å². The van der Waals surface area contributed by atoms with Crippen LogP contribution in [0.1, 0.15) is 11.3 Å². The molecule has 2 heterocycles. The summed E-state index contributed by atoms with van der Waals surface area (Å²) in [5.41, 5.74) is 2.65. The summed E-state index contributed by atoms with van der Waals surface area (Å²) >= 11 is 0. The largest absolute Gasteiger partial charge is 0.256 e. The predicted molar refractivity (Wildman–Crippen MR) is 62.3 cm³/mol. The number of pyridine rings is 2. The zero-order chi connectivity index (χ0) is 11.4. The summed E-state index contributed by atoms with van der Waals surface area (Å²) in [7, 11) is 0. The molecule has 0 atom stereocenters. The highest BCUT2D eigenvalue weighted by molar-refractivity contribution is 5.71. The predicted octanol–water partition coefficient (Wildman–Crippen LogP) is 2.66. The third kappa shape index (κ3) is 1.69. The summed E-state index contributed by atoms with van der Waals surface area (Å²) in [5, 5.41) is 9.13. The third-order valence-electron chi connectivity index (χ3n) is 2.23. The first kappa shape index (κ1) is 10.1. The summed E-state index contributed by atoms with van der Waals surface area (Å²) < 4.78 is 0. The van der Waals surface area contributed by atoms with Gasteiger partial charge in [0, 0.05) is 18.0 Å². The number of aromatic nitrogens is 2. The molecule has 0 saturated heterocycles. The van der Waals surface area contributed by atoms with Crippen molar-refractivity contribution in [3.8, 4) is 17.3 Å². The first-order chi connectivity index (χ1) is 7.86. The van der Waals surface area contributed by atoms with Gasteiger partial charge in [-0.2, -0.15) is 5.26 Å². The molecule has 0 aliphatic rings. The highest BCUT2D eigenvalue weighted by Gasteiger charge is 2.09. The minimum atomic E-state index is 0.510.